The Labute approximate surface area is 133 Å². The molecule has 0 saturated carbocycles. The first-order valence-corrected chi connectivity index (χ1v) is 7.60. The van der Waals surface area contributed by atoms with Gasteiger partial charge in [0.15, 0.2) is 0 Å². The molecule has 2 heterocycles. The summed E-state index contributed by atoms with van der Waals surface area (Å²) in [6, 6.07) is 4.76. The highest BCUT2D eigenvalue weighted by atomic mass is 32.1. The Morgan fingerprint density at radius 2 is 2.14 bits per heavy atom. The first-order valence-electron chi connectivity index (χ1n) is 7.08. The molecule has 2 unspecified atom stereocenters. The second kappa shape index (κ2) is 5.64. The molecule has 116 valence electrons. The molecule has 2 aliphatic heterocycles. The van der Waals surface area contributed by atoms with Crippen LogP contribution >= 0.6 is 12.6 Å². The molecule has 1 aromatic carbocycles. The number of piperidine rings is 1. The number of carbonyl (C=O) groups is 3. The Morgan fingerprint density at radius 1 is 1.36 bits per heavy atom. The highest BCUT2D eigenvalue weighted by Crippen LogP contribution is 2.34. The van der Waals surface area contributed by atoms with Crippen LogP contribution in [-0.4, -0.2) is 34.1 Å². The number of nitrogens with one attached hydrogen (secondary N) is 1. The maximum Gasteiger partial charge on any atom is 0.258 e. The molecule has 0 aliphatic carbocycles. The Morgan fingerprint density at radius 3 is 2.82 bits per heavy atom. The molecule has 0 radical (unpaired) electrons. The van der Waals surface area contributed by atoms with Crippen LogP contribution in [0.5, 0.6) is 5.75 Å². The van der Waals surface area contributed by atoms with Crippen LogP contribution in [-0.2, 0) is 16.1 Å². The van der Waals surface area contributed by atoms with Crippen molar-refractivity contribution < 1.29 is 19.1 Å². The molecule has 3 amide bonds. The highest BCUT2D eigenvalue weighted by molar-refractivity contribution is 7.80. The van der Waals surface area contributed by atoms with Crippen LogP contribution in [0.4, 0.5) is 0 Å². The van der Waals surface area contributed by atoms with E-state index >= 15 is 0 Å². The molecule has 2 aliphatic rings. The Hall–Kier alpha value is -2.02. The number of hydrogen-bond acceptors (Lipinski definition) is 5. The standard InChI is InChI=1S/C15H16N2O4S/c1-8(22)21-11-4-2-3-9-7-17(15(20)13(9)11)10-5-6-12(18)16-14(10)19/h2-4,8,10,22H,5-7H2,1H3,(H,16,18,19). The third kappa shape index (κ3) is 2.56. The largest absolute Gasteiger partial charge is 0.480 e. The Balaban J connectivity index is 1.88. The van der Waals surface area contributed by atoms with E-state index in [4.69, 9.17) is 4.74 Å². The van der Waals surface area contributed by atoms with Gasteiger partial charge in [-0.1, -0.05) is 12.1 Å². The summed E-state index contributed by atoms with van der Waals surface area (Å²) in [7, 11) is 0. The molecular formula is C15H16N2O4S. The van der Waals surface area contributed by atoms with Gasteiger partial charge in [-0.15, -0.1) is 12.6 Å². The van der Waals surface area contributed by atoms with Crippen molar-refractivity contribution in [1.82, 2.24) is 10.2 Å². The fourth-order valence-corrected chi connectivity index (χ4v) is 2.98. The van der Waals surface area contributed by atoms with E-state index in [0.29, 0.717) is 24.3 Å². The topological polar surface area (TPSA) is 75.7 Å². The van der Waals surface area contributed by atoms with Crippen molar-refractivity contribution in [2.75, 3.05) is 0 Å². The van der Waals surface area contributed by atoms with Crippen molar-refractivity contribution in [2.45, 2.75) is 37.8 Å². The van der Waals surface area contributed by atoms with E-state index in [2.05, 4.69) is 17.9 Å². The molecule has 0 spiro atoms. The normalized spacial score (nSPS) is 22.4. The SMILES string of the molecule is CC(S)Oc1cccc2c1C(=O)N(C1CCC(=O)NC1=O)C2. The van der Waals surface area contributed by atoms with Crippen molar-refractivity contribution in [1.29, 1.82) is 0 Å². The van der Waals surface area contributed by atoms with E-state index in [9.17, 15) is 14.4 Å². The van der Waals surface area contributed by atoms with Crippen LogP contribution in [0.15, 0.2) is 18.2 Å². The number of imide groups is 1. The number of rotatable bonds is 3. The van der Waals surface area contributed by atoms with Crippen LogP contribution in [0.1, 0.15) is 35.7 Å². The number of carbonyl (C=O) groups excluding carboxylic acids is 3. The van der Waals surface area contributed by atoms with Crippen LogP contribution in [0.2, 0.25) is 0 Å². The van der Waals surface area contributed by atoms with E-state index in [-0.39, 0.29) is 23.7 Å². The first kappa shape index (κ1) is 14.9. The summed E-state index contributed by atoms with van der Waals surface area (Å²) in [6.07, 6.45) is 0.594. The third-order valence-corrected chi connectivity index (χ3v) is 3.92. The zero-order valence-electron chi connectivity index (χ0n) is 12.0. The summed E-state index contributed by atoms with van der Waals surface area (Å²) in [6.45, 7) is 2.11. The number of amides is 3. The minimum atomic E-state index is -0.612. The molecule has 1 aromatic rings. The third-order valence-electron chi connectivity index (χ3n) is 3.81. The van der Waals surface area contributed by atoms with Crippen molar-refractivity contribution in [3.63, 3.8) is 0 Å². The summed E-state index contributed by atoms with van der Waals surface area (Å²) < 4.78 is 5.57. The predicted octanol–water partition coefficient (Wildman–Crippen LogP) is 1.10. The van der Waals surface area contributed by atoms with E-state index in [0.717, 1.165) is 5.56 Å². The number of benzene rings is 1. The number of fused-ring (bicyclic) bond motifs is 1. The summed E-state index contributed by atoms with van der Waals surface area (Å²) >= 11 is 4.18. The average Bonchev–Trinajstić information content (AvgIpc) is 2.76. The van der Waals surface area contributed by atoms with Gasteiger partial charge in [-0.3, -0.25) is 19.7 Å². The molecule has 1 N–H and O–H groups in total. The molecule has 1 saturated heterocycles. The first-order chi connectivity index (χ1) is 10.5. The zero-order valence-corrected chi connectivity index (χ0v) is 12.9. The number of thiol groups is 1. The summed E-state index contributed by atoms with van der Waals surface area (Å²) in [5.41, 5.74) is 0.957. The quantitative estimate of drug-likeness (QED) is 0.497. The zero-order chi connectivity index (χ0) is 15.9. The van der Waals surface area contributed by atoms with Crippen LogP contribution in [0, 0.1) is 0 Å². The van der Waals surface area contributed by atoms with Gasteiger partial charge in [0.25, 0.3) is 5.91 Å². The van der Waals surface area contributed by atoms with Gasteiger partial charge in [-0.25, -0.2) is 0 Å². The molecule has 22 heavy (non-hydrogen) atoms. The highest BCUT2D eigenvalue weighted by Gasteiger charge is 2.40. The molecule has 3 rings (SSSR count). The summed E-state index contributed by atoms with van der Waals surface area (Å²) in [5.74, 6) is -0.477. The van der Waals surface area contributed by atoms with Crippen LogP contribution in [0.25, 0.3) is 0 Å². The maximum atomic E-state index is 12.7. The molecule has 2 atom stereocenters. The monoisotopic (exact) mass is 320 g/mol. The maximum absolute atomic E-state index is 12.7. The smallest absolute Gasteiger partial charge is 0.258 e. The van der Waals surface area contributed by atoms with Crippen molar-refractivity contribution in [3.8, 4) is 5.75 Å². The Kier molecular flexibility index (Phi) is 3.82. The lowest BCUT2D eigenvalue weighted by atomic mass is 10.0. The fourth-order valence-electron chi connectivity index (χ4n) is 2.86. The van der Waals surface area contributed by atoms with E-state index in [1.54, 1.807) is 13.0 Å². The van der Waals surface area contributed by atoms with Crippen molar-refractivity contribution >= 4 is 30.4 Å². The van der Waals surface area contributed by atoms with Gasteiger partial charge in [0, 0.05) is 13.0 Å². The molecule has 0 aromatic heterocycles. The lowest BCUT2D eigenvalue weighted by Gasteiger charge is -2.29. The van der Waals surface area contributed by atoms with Gasteiger partial charge in [-0.2, -0.15) is 0 Å². The van der Waals surface area contributed by atoms with Gasteiger partial charge >= 0.3 is 0 Å². The number of nitrogens with zero attached hydrogens (tertiary/aromatic N) is 1. The van der Waals surface area contributed by atoms with Gasteiger partial charge in [0.2, 0.25) is 11.8 Å². The minimum Gasteiger partial charge on any atom is -0.480 e. The molecule has 7 heteroatoms. The second-order valence-electron chi connectivity index (χ2n) is 5.41. The van der Waals surface area contributed by atoms with Gasteiger partial charge in [0.05, 0.1) is 5.56 Å². The fraction of sp³-hybridized carbons (Fsp3) is 0.400. The summed E-state index contributed by atoms with van der Waals surface area (Å²) in [4.78, 5) is 37.4. The van der Waals surface area contributed by atoms with Crippen molar-refractivity contribution in [2.24, 2.45) is 0 Å². The van der Waals surface area contributed by atoms with E-state index < -0.39 is 11.9 Å². The molecule has 1 fully saturated rings. The van der Waals surface area contributed by atoms with Crippen LogP contribution in [0.3, 0.4) is 0 Å². The lowest BCUT2D eigenvalue weighted by Crippen LogP contribution is -2.52. The molecular weight excluding hydrogens is 304 g/mol. The lowest BCUT2D eigenvalue weighted by molar-refractivity contribution is -0.136. The summed E-state index contributed by atoms with van der Waals surface area (Å²) in [5, 5.41) is 2.29. The van der Waals surface area contributed by atoms with Gasteiger partial charge < -0.3 is 9.64 Å². The van der Waals surface area contributed by atoms with E-state index in [1.165, 1.54) is 4.90 Å². The minimum absolute atomic E-state index is 0.242. The number of hydrogen-bond donors (Lipinski definition) is 2. The van der Waals surface area contributed by atoms with E-state index in [1.807, 2.05) is 12.1 Å². The average molecular weight is 320 g/mol. The molecule has 0 bridgehead atoms. The number of ether oxygens (including phenoxy) is 1. The second-order valence-corrected chi connectivity index (χ2v) is 6.13. The van der Waals surface area contributed by atoms with Crippen LogP contribution < -0.4 is 10.1 Å². The van der Waals surface area contributed by atoms with Crippen molar-refractivity contribution in [3.05, 3.63) is 29.3 Å². The Bertz CT molecular complexity index is 659. The predicted molar refractivity (Wildman–Crippen MR) is 81.6 cm³/mol. The van der Waals surface area contributed by atoms with Gasteiger partial charge in [-0.05, 0) is 25.0 Å². The van der Waals surface area contributed by atoms with Gasteiger partial charge in [0.1, 0.15) is 17.2 Å². The molecule has 6 nitrogen and oxygen atoms in total.